The molecule has 1 aliphatic carbocycles. The van der Waals surface area contributed by atoms with E-state index in [2.05, 4.69) is 6.92 Å². The van der Waals surface area contributed by atoms with Crippen LogP contribution < -0.4 is 5.73 Å². The predicted octanol–water partition coefficient (Wildman–Crippen LogP) is 2.19. The molecule has 0 spiro atoms. The van der Waals surface area contributed by atoms with Gasteiger partial charge in [0.05, 0.1) is 6.61 Å². The van der Waals surface area contributed by atoms with Crippen molar-refractivity contribution in [2.75, 3.05) is 18.1 Å². The van der Waals surface area contributed by atoms with Crippen LogP contribution in [0.1, 0.15) is 39.5 Å². The molecule has 16 heavy (non-hydrogen) atoms. The van der Waals surface area contributed by atoms with Gasteiger partial charge in [0.2, 0.25) is 0 Å². The summed E-state index contributed by atoms with van der Waals surface area (Å²) in [5, 5.41) is 0. The zero-order valence-electron chi connectivity index (χ0n) is 10.3. The lowest BCUT2D eigenvalue weighted by molar-refractivity contribution is -0.151. The highest BCUT2D eigenvalue weighted by atomic mass is 32.2. The minimum Gasteiger partial charge on any atom is -0.465 e. The summed E-state index contributed by atoms with van der Waals surface area (Å²) in [5.41, 5.74) is 5.53. The molecule has 0 bridgehead atoms. The van der Waals surface area contributed by atoms with E-state index >= 15 is 0 Å². The van der Waals surface area contributed by atoms with E-state index in [-0.39, 0.29) is 5.97 Å². The fraction of sp³-hybridized carbons (Fsp3) is 0.917. The standard InChI is InChI=1S/C12H23NO2S/c1-3-15-11(14)12(13)8-5-6-10(12)7-9-16-4-2/h10H,3-9,13H2,1-2H3. The molecule has 0 aromatic carbocycles. The summed E-state index contributed by atoms with van der Waals surface area (Å²) in [6.45, 7) is 4.41. The fourth-order valence-corrected chi connectivity index (χ4v) is 3.15. The van der Waals surface area contributed by atoms with Crippen molar-refractivity contribution in [2.45, 2.75) is 45.1 Å². The molecule has 0 aromatic rings. The normalized spacial score (nSPS) is 29.3. The maximum Gasteiger partial charge on any atom is 0.326 e. The molecule has 0 amide bonds. The Labute approximate surface area is 102 Å². The fourth-order valence-electron chi connectivity index (χ4n) is 2.41. The summed E-state index contributed by atoms with van der Waals surface area (Å²) in [5.74, 6) is 2.34. The van der Waals surface area contributed by atoms with Crippen LogP contribution in [0.2, 0.25) is 0 Å². The van der Waals surface area contributed by atoms with Crippen LogP contribution in [0.15, 0.2) is 0 Å². The summed E-state index contributed by atoms with van der Waals surface area (Å²) in [6, 6.07) is 0. The molecule has 1 fully saturated rings. The Morgan fingerprint density at radius 1 is 1.56 bits per heavy atom. The molecule has 0 heterocycles. The van der Waals surface area contributed by atoms with E-state index in [1.54, 1.807) is 0 Å². The van der Waals surface area contributed by atoms with E-state index in [9.17, 15) is 4.79 Å². The van der Waals surface area contributed by atoms with Gasteiger partial charge in [0, 0.05) is 0 Å². The monoisotopic (exact) mass is 245 g/mol. The summed E-state index contributed by atoms with van der Waals surface area (Å²) in [7, 11) is 0. The van der Waals surface area contributed by atoms with Crippen molar-refractivity contribution in [3.8, 4) is 0 Å². The van der Waals surface area contributed by atoms with Crippen LogP contribution in [-0.2, 0) is 9.53 Å². The number of thioether (sulfide) groups is 1. The molecule has 3 nitrogen and oxygen atoms in total. The van der Waals surface area contributed by atoms with Gasteiger partial charge < -0.3 is 10.5 Å². The molecule has 1 rings (SSSR count). The third-order valence-corrected chi connectivity index (χ3v) is 4.27. The Morgan fingerprint density at radius 3 is 2.94 bits per heavy atom. The topological polar surface area (TPSA) is 52.3 Å². The summed E-state index contributed by atoms with van der Waals surface area (Å²) in [6.07, 6.45) is 3.94. The highest BCUT2D eigenvalue weighted by Crippen LogP contribution is 2.37. The van der Waals surface area contributed by atoms with Gasteiger partial charge in [0.25, 0.3) is 0 Å². The molecular weight excluding hydrogens is 222 g/mol. The predicted molar refractivity (Wildman–Crippen MR) is 68.5 cm³/mol. The number of hydrogen-bond acceptors (Lipinski definition) is 4. The molecular formula is C12H23NO2S. The van der Waals surface area contributed by atoms with Crippen LogP contribution in [0, 0.1) is 5.92 Å². The first-order valence-electron chi connectivity index (χ1n) is 6.19. The van der Waals surface area contributed by atoms with Crippen molar-refractivity contribution in [2.24, 2.45) is 11.7 Å². The minimum absolute atomic E-state index is 0.195. The Hall–Kier alpha value is -0.220. The van der Waals surface area contributed by atoms with Gasteiger partial charge in [-0.1, -0.05) is 13.3 Å². The van der Waals surface area contributed by atoms with Crippen LogP contribution in [0.5, 0.6) is 0 Å². The smallest absolute Gasteiger partial charge is 0.326 e. The van der Waals surface area contributed by atoms with Crippen molar-refractivity contribution in [3.63, 3.8) is 0 Å². The molecule has 2 N–H and O–H groups in total. The first kappa shape index (κ1) is 13.8. The highest BCUT2D eigenvalue weighted by Gasteiger charge is 2.46. The third-order valence-electron chi connectivity index (χ3n) is 3.34. The van der Waals surface area contributed by atoms with E-state index in [1.807, 2.05) is 18.7 Å². The van der Waals surface area contributed by atoms with E-state index in [1.165, 1.54) is 0 Å². The molecule has 1 saturated carbocycles. The van der Waals surface area contributed by atoms with Gasteiger partial charge >= 0.3 is 5.97 Å². The summed E-state index contributed by atoms with van der Waals surface area (Å²) in [4.78, 5) is 11.9. The van der Waals surface area contributed by atoms with Gasteiger partial charge in [-0.15, -0.1) is 0 Å². The number of carbonyl (C=O) groups is 1. The van der Waals surface area contributed by atoms with Gasteiger partial charge in [-0.3, -0.25) is 4.79 Å². The van der Waals surface area contributed by atoms with Gasteiger partial charge in [-0.2, -0.15) is 11.8 Å². The van der Waals surface area contributed by atoms with Gasteiger partial charge in [0.1, 0.15) is 5.54 Å². The Bertz CT molecular complexity index is 235. The maximum absolute atomic E-state index is 11.9. The maximum atomic E-state index is 11.9. The Morgan fingerprint density at radius 2 is 2.31 bits per heavy atom. The third kappa shape index (κ3) is 3.14. The lowest BCUT2D eigenvalue weighted by Gasteiger charge is -2.28. The van der Waals surface area contributed by atoms with E-state index in [0.29, 0.717) is 12.5 Å². The SMILES string of the molecule is CCOC(=O)C1(N)CCCC1CCSCC. The second-order valence-electron chi connectivity index (χ2n) is 4.34. The molecule has 2 atom stereocenters. The Kier molecular flexibility index (Phi) is 5.62. The number of carbonyl (C=O) groups excluding carboxylic acids is 1. The number of ether oxygens (including phenoxy) is 1. The summed E-state index contributed by atoms with van der Waals surface area (Å²) < 4.78 is 5.09. The van der Waals surface area contributed by atoms with Crippen molar-refractivity contribution >= 4 is 17.7 Å². The Balaban J connectivity index is 2.52. The lowest BCUT2D eigenvalue weighted by atomic mass is 9.86. The van der Waals surface area contributed by atoms with Crippen molar-refractivity contribution in [1.29, 1.82) is 0 Å². The molecule has 2 unspecified atom stereocenters. The van der Waals surface area contributed by atoms with Gasteiger partial charge in [0.15, 0.2) is 0 Å². The minimum atomic E-state index is -0.704. The lowest BCUT2D eigenvalue weighted by Crippen LogP contribution is -2.52. The molecule has 0 aliphatic heterocycles. The van der Waals surface area contributed by atoms with E-state index in [0.717, 1.165) is 37.2 Å². The molecule has 4 heteroatoms. The van der Waals surface area contributed by atoms with Crippen LogP contribution in [-0.4, -0.2) is 29.6 Å². The first-order chi connectivity index (χ1) is 7.65. The van der Waals surface area contributed by atoms with Crippen molar-refractivity contribution in [1.82, 2.24) is 0 Å². The van der Waals surface area contributed by atoms with Crippen LogP contribution in [0.3, 0.4) is 0 Å². The van der Waals surface area contributed by atoms with E-state index in [4.69, 9.17) is 10.5 Å². The van der Waals surface area contributed by atoms with Gasteiger partial charge in [-0.05, 0) is 43.6 Å². The number of hydrogen-bond donors (Lipinski definition) is 1. The zero-order chi connectivity index (χ0) is 12.0. The highest BCUT2D eigenvalue weighted by molar-refractivity contribution is 7.99. The molecule has 94 valence electrons. The number of rotatable bonds is 6. The molecule has 1 aliphatic rings. The average molecular weight is 245 g/mol. The van der Waals surface area contributed by atoms with Crippen LogP contribution in [0.4, 0.5) is 0 Å². The van der Waals surface area contributed by atoms with Crippen molar-refractivity contribution in [3.05, 3.63) is 0 Å². The number of esters is 1. The molecule has 0 saturated heterocycles. The second-order valence-corrected chi connectivity index (χ2v) is 5.73. The van der Waals surface area contributed by atoms with Crippen molar-refractivity contribution < 1.29 is 9.53 Å². The second kappa shape index (κ2) is 6.50. The summed E-state index contributed by atoms with van der Waals surface area (Å²) >= 11 is 1.91. The van der Waals surface area contributed by atoms with E-state index < -0.39 is 5.54 Å². The molecule has 0 aromatic heterocycles. The number of nitrogens with two attached hydrogens (primary N) is 1. The largest absolute Gasteiger partial charge is 0.465 e. The van der Waals surface area contributed by atoms with Gasteiger partial charge in [-0.25, -0.2) is 0 Å². The average Bonchev–Trinajstić information content (AvgIpc) is 2.63. The zero-order valence-corrected chi connectivity index (χ0v) is 11.1. The molecule has 0 radical (unpaired) electrons. The first-order valence-corrected chi connectivity index (χ1v) is 7.34. The quantitative estimate of drug-likeness (QED) is 0.576. The van der Waals surface area contributed by atoms with Crippen LogP contribution >= 0.6 is 11.8 Å². The van der Waals surface area contributed by atoms with Crippen LogP contribution in [0.25, 0.3) is 0 Å².